The lowest BCUT2D eigenvalue weighted by molar-refractivity contribution is 0.227. The van der Waals surface area contributed by atoms with Crippen molar-refractivity contribution in [3.63, 3.8) is 0 Å². The Kier molecular flexibility index (Phi) is 5.75. The summed E-state index contributed by atoms with van der Waals surface area (Å²) in [4.78, 5) is 2.02. The first-order valence-corrected chi connectivity index (χ1v) is 12.4. The van der Waals surface area contributed by atoms with E-state index in [1.54, 1.807) is 20.8 Å². The lowest BCUT2D eigenvalue weighted by Crippen LogP contribution is -2.57. The van der Waals surface area contributed by atoms with E-state index in [-0.39, 0.29) is 16.4 Å². The molecule has 0 aromatic rings. The van der Waals surface area contributed by atoms with Crippen LogP contribution in [0.1, 0.15) is 66.7 Å². The molecule has 2 rings (SSSR count). The Hall–Kier alpha value is -0.140. The molecule has 5 nitrogen and oxygen atoms in total. The van der Waals surface area contributed by atoms with E-state index in [1.807, 2.05) is 25.8 Å². The molecule has 2 unspecified atom stereocenters. The Balaban J connectivity index is 2.09. The van der Waals surface area contributed by atoms with Crippen LogP contribution in [0.2, 0.25) is 0 Å². The van der Waals surface area contributed by atoms with Crippen molar-refractivity contribution >= 4 is 19.7 Å². The summed E-state index contributed by atoms with van der Waals surface area (Å²) in [6, 6.07) is 0. The Morgan fingerprint density at radius 1 is 0.880 bits per heavy atom. The summed E-state index contributed by atoms with van der Waals surface area (Å²) >= 11 is 0. The highest BCUT2D eigenvalue weighted by atomic mass is 32.2. The van der Waals surface area contributed by atoms with Gasteiger partial charge >= 0.3 is 0 Å². The number of hydrogen-bond donors (Lipinski definition) is 0. The molecule has 0 aromatic heterocycles. The van der Waals surface area contributed by atoms with Crippen LogP contribution in [0.25, 0.3) is 0 Å². The summed E-state index contributed by atoms with van der Waals surface area (Å²) in [5, 5.41) is -0.607. The predicted molar refractivity (Wildman–Crippen MR) is 103 cm³/mol. The van der Waals surface area contributed by atoms with Gasteiger partial charge in [-0.15, -0.1) is 0 Å². The maximum atomic E-state index is 12.9. The summed E-state index contributed by atoms with van der Waals surface area (Å²) in [6.45, 7) is 10.1. The van der Waals surface area contributed by atoms with Gasteiger partial charge in [0, 0.05) is 13.1 Å². The SMILES string of the molecule is CN1CC(S(=O)(=O)C(C)(C)CC2CCCC(S(=O)(=O)C(C)(C)C)C2)C1. The fraction of sp³-hybridized carbons (Fsp3) is 1.00. The minimum Gasteiger partial charge on any atom is -0.304 e. The van der Waals surface area contributed by atoms with E-state index in [4.69, 9.17) is 0 Å². The molecule has 1 aliphatic carbocycles. The number of nitrogens with zero attached hydrogens (tertiary/aromatic N) is 1. The first-order valence-electron chi connectivity index (χ1n) is 9.34. The second-order valence-corrected chi connectivity index (χ2v) is 15.5. The van der Waals surface area contributed by atoms with E-state index < -0.39 is 29.2 Å². The zero-order chi connectivity index (χ0) is 19.3. The van der Waals surface area contributed by atoms with E-state index in [0.717, 1.165) is 12.8 Å². The van der Waals surface area contributed by atoms with Gasteiger partial charge in [0.2, 0.25) is 0 Å². The number of likely N-dealkylation sites (tertiary alicyclic amines) is 1. The molecule has 0 aromatic carbocycles. The van der Waals surface area contributed by atoms with Gasteiger partial charge in [-0.2, -0.15) is 0 Å². The van der Waals surface area contributed by atoms with E-state index in [9.17, 15) is 16.8 Å². The van der Waals surface area contributed by atoms with Gasteiger partial charge in [-0.1, -0.05) is 12.8 Å². The third kappa shape index (κ3) is 4.08. The maximum absolute atomic E-state index is 12.9. The highest BCUT2D eigenvalue weighted by Crippen LogP contribution is 2.40. The van der Waals surface area contributed by atoms with Gasteiger partial charge in [0.25, 0.3) is 0 Å². The first-order chi connectivity index (χ1) is 11.2. The van der Waals surface area contributed by atoms with Gasteiger partial charge in [-0.3, -0.25) is 0 Å². The molecule has 7 heteroatoms. The van der Waals surface area contributed by atoms with Crippen LogP contribution >= 0.6 is 0 Å². The quantitative estimate of drug-likeness (QED) is 0.718. The Labute approximate surface area is 154 Å². The van der Waals surface area contributed by atoms with Crippen molar-refractivity contribution in [2.24, 2.45) is 5.92 Å². The molecule has 2 atom stereocenters. The predicted octanol–water partition coefficient (Wildman–Crippen LogP) is 2.66. The highest BCUT2D eigenvalue weighted by Gasteiger charge is 2.47. The Morgan fingerprint density at radius 2 is 1.44 bits per heavy atom. The normalized spacial score (nSPS) is 27.9. The third-order valence-electron chi connectivity index (χ3n) is 6.05. The maximum Gasteiger partial charge on any atom is 0.160 e. The molecular weight excluding hydrogens is 358 g/mol. The van der Waals surface area contributed by atoms with Crippen molar-refractivity contribution < 1.29 is 16.8 Å². The van der Waals surface area contributed by atoms with Crippen LogP contribution in [0.4, 0.5) is 0 Å². The standard InChI is InChI=1S/C18H35NO4S2/c1-17(2,3)24(20,21)15-9-7-8-14(10-15)11-18(4,5)25(22,23)16-12-19(6)13-16/h14-16H,7-13H2,1-6H3. The second-order valence-electron chi connectivity index (χ2n) is 9.66. The van der Waals surface area contributed by atoms with E-state index in [2.05, 4.69) is 0 Å². The third-order valence-corrected chi connectivity index (χ3v) is 11.9. The van der Waals surface area contributed by atoms with Crippen molar-refractivity contribution in [2.45, 2.75) is 86.7 Å². The van der Waals surface area contributed by atoms with Crippen LogP contribution in [0, 0.1) is 5.92 Å². The van der Waals surface area contributed by atoms with Gasteiger partial charge in [0.1, 0.15) is 0 Å². The minimum atomic E-state index is -3.21. The molecule has 1 aliphatic heterocycles. The van der Waals surface area contributed by atoms with Crippen LogP contribution in [0.5, 0.6) is 0 Å². The average Bonchev–Trinajstić information content (AvgIpc) is 2.42. The largest absolute Gasteiger partial charge is 0.304 e. The first kappa shape index (κ1) is 21.2. The fourth-order valence-corrected chi connectivity index (χ4v) is 8.58. The molecule has 0 amide bonds. The zero-order valence-corrected chi connectivity index (χ0v) is 18.2. The van der Waals surface area contributed by atoms with E-state index >= 15 is 0 Å². The van der Waals surface area contributed by atoms with Crippen LogP contribution in [-0.2, 0) is 19.7 Å². The summed E-state index contributed by atoms with van der Waals surface area (Å²) in [5.41, 5.74) is 0. The smallest absolute Gasteiger partial charge is 0.160 e. The van der Waals surface area contributed by atoms with E-state index in [1.165, 1.54) is 0 Å². The Morgan fingerprint density at radius 3 is 1.92 bits per heavy atom. The van der Waals surface area contributed by atoms with Gasteiger partial charge in [-0.25, -0.2) is 16.8 Å². The minimum absolute atomic E-state index is 0.165. The molecule has 0 bridgehead atoms. The van der Waals surface area contributed by atoms with Gasteiger partial charge < -0.3 is 4.90 Å². The van der Waals surface area contributed by atoms with Crippen molar-refractivity contribution in [3.8, 4) is 0 Å². The van der Waals surface area contributed by atoms with Crippen molar-refractivity contribution in [1.82, 2.24) is 4.90 Å². The monoisotopic (exact) mass is 393 g/mol. The van der Waals surface area contributed by atoms with Crippen LogP contribution in [0.3, 0.4) is 0 Å². The molecular formula is C18H35NO4S2. The fourth-order valence-electron chi connectivity index (χ4n) is 4.31. The lowest BCUT2D eigenvalue weighted by Gasteiger charge is -2.42. The number of sulfone groups is 2. The van der Waals surface area contributed by atoms with Crippen LogP contribution in [-0.4, -0.2) is 61.9 Å². The highest BCUT2D eigenvalue weighted by molar-refractivity contribution is 7.93. The summed E-state index contributed by atoms with van der Waals surface area (Å²) in [5.74, 6) is 0.165. The summed E-state index contributed by atoms with van der Waals surface area (Å²) in [6.07, 6.45) is 3.66. The zero-order valence-electron chi connectivity index (χ0n) is 16.6. The molecule has 1 saturated heterocycles. The molecule has 0 radical (unpaired) electrons. The van der Waals surface area contributed by atoms with Crippen molar-refractivity contribution in [3.05, 3.63) is 0 Å². The van der Waals surface area contributed by atoms with Crippen LogP contribution < -0.4 is 0 Å². The molecule has 0 spiro atoms. The lowest BCUT2D eigenvalue weighted by atomic mass is 9.83. The number of hydrogen-bond acceptors (Lipinski definition) is 5. The molecule has 1 saturated carbocycles. The number of rotatable bonds is 5. The van der Waals surface area contributed by atoms with E-state index in [0.29, 0.717) is 32.4 Å². The summed E-state index contributed by atoms with van der Waals surface area (Å²) in [7, 11) is -4.47. The van der Waals surface area contributed by atoms with Crippen molar-refractivity contribution in [1.29, 1.82) is 0 Å². The van der Waals surface area contributed by atoms with Gasteiger partial charge in [0.15, 0.2) is 19.7 Å². The van der Waals surface area contributed by atoms with Crippen molar-refractivity contribution in [2.75, 3.05) is 20.1 Å². The molecule has 25 heavy (non-hydrogen) atoms. The second kappa shape index (κ2) is 6.79. The molecule has 0 N–H and O–H groups in total. The topological polar surface area (TPSA) is 71.5 Å². The van der Waals surface area contributed by atoms with Gasteiger partial charge in [0.05, 0.1) is 20.0 Å². The molecule has 2 aliphatic rings. The average molecular weight is 394 g/mol. The van der Waals surface area contributed by atoms with Gasteiger partial charge in [-0.05, 0) is 66.8 Å². The Bertz CT molecular complexity index is 683. The molecule has 148 valence electrons. The van der Waals surface area contributed by atoms with Crippen LogP contribution in [0.15, 0.2) is 0 Å². The summed E-state index contributed by atoms with van der Waals surface area (Å²) < 4.78 is 49.9. The molecule has 1 heterocycles. The molecule has 2 fully saturated rings.